The molecule has 1 aromatic carbocycles. The van der Waals surface area contributed by atoms with E-state index in [-0.39, 0.29) is 28.2 Å². The Morgan fingerprint density at radius 2 is 1.95 bits per heavy atom. The van der Waals surface area contributed by atoms with E-state index in [4.69, 9.17) is 23.2 Å². The van der Waals surface area contributed by atoms with E-state index in [1.807, 2.05) is 0 Å². The summed E-state index contributed by atoms with van der Waals surface area (Å²) in [7, 11) is 0. The minimum absolute atomic E-state index is 0.0125. The number of halogens is 3. The molecule has 0 saturated heterocycles. The van der Waals surface area contributed by atoms with Gasteiger partial charge in [-0.05, 0) is 18.2 Å². The van der Waals surface area contributed by atoms with E-state index in [0.717, 1.165) is 0 Å². The molecule has 1 N–H and O–H groups in total. The van der Waals surface area contributed by atoms with Gasteiger partial charge in [0, 0.05) is 12.1 Å². The van der Waals surface area contributed by atoms with Crippen LogP contribution in [0.5, 0.6) is 0 Å². The van der Waals surface area contributed by atoms with Crippen molar-refractivity contribution in [3.05, 3.63) is 63.6 Å². The molecule has 2 aromatic rings. The van der Waals surface area contributed by atoms with Gasteiger partial charge in [-0.25, -0.2) is 9.37 Å². The molecule has 0 atom stereocenters. The van der Waals surface area contributed by atoms with Gasteiger partial charge in [0.15, 0.2) is 0 Å². The fourth-order valence-electron chi connectivity index (χ4n) is 1.49. The van der Waals surface area contributed by atoms with Gasteiger partial charge in [-0.3, -0.25) is 4.79 Å². The second kappa shape index (κ2) is 5.99. The Kier molecular flexibility index (Phi) is 4.35. The monoisotopic (exact) mass is 298 g/mol. The molecule has 98 valence electrons. The number of nitrogens with one attached hydrogen (secondary N) is 1. The maximum absolute atomic E-state index is 13.4. The number of carbonyl (C=O) groups is 1. The predicted molar refractivity (Wildman–Crippen MR) is 71.8 cm³/mol. The number of hydrogen-bond acceptors (Lipinski definition) is 2. The summed E-state index contributed by atoms with van der Waals surface area (Å²) in [6, 6.07) is 9.14. The summed E-state index contributed by atoms with van der Waals surface area (Å²) in [5.74, 6) is -0.805. The number of hydrogen-bond donors (Lipinski definition) is 1. The lowest BCUT2D eigenvalue weighted by atomic mass is 10.2. The molecule has 0 aliphatic heterocycles. The van der Waals surface area contributed by atoms with Crippen molar-refractivity contribution in [1.82, 2.24) is 10.3 Å². The largest absolute Gasteiger partial charge is 0.348 e. The Hall–Kier alpha value is -1.65. The molecular formula is C13H9Cl2FN2O. The van der Waals surface area contributed by atoms with Crippen molar-refractivity contribution in [3.8, 4) is 0 Å². The lowest BCUT2D eigenvalue weighted by Crippen LogP contribution is -2.23. The van der Waals surface area contributed by atoms with Gasteiger partial charge in [-0.1, -0.05) is 41.4 Å². The summed E-state index contributed by atoms with van der Waals surface area (Å²) in [4.78, 5) is 15.6. The number of pyridine rings is 1. The normalized spacial score (nSPS) is 10.3. The molecular weight excluding hydrogens is 290 g/mol. The summed E-state index contributed by atoms with van der Waals surface area (Å²) < 4.78 is 13.4. The molecule has 0 bridgehead atoms. The van der Waals surface area contributed by atoms with Crippen molar-refractivity contribution in [2.45, 2.75) is 6.54 Å². The van der Waals surface area contributed by atoms with Crippen molar-refractivity contribution in [2.24, 2.45) is 0 Å². The zero-order valence-electron chi connectivity index (χ0n) is 9.66. The number of nitrogens with zero attached hydrogens (tertiary/aromatic N) is 1. The Morgan fingerprint density at radius 1 is 1.21 bits per heavy atom. The molecule has 0 radical (unpaired) electrons. The molecule has 0 spiro atoms. The summed E-state index contributed by atoms with van der Waals surface area (Å²) >= 11 is 11.4. The first-order chi connectivity index (χ1) is 9.08. The maximum atomic E-state index is 13.4. The highest BCUT2D eigenvalue weighted by atomic mass is 35.5. The van der Waals surface area contributed by atoms with Crippen LogP contribution in [0.15, 0.2) is 36.4 Å². The summed E-state index contributed by atoms with van der Waals surface area (Å²) in [5, 5.41) is 2.79. The van der Waals surface area contributed by atoms with Crippen molar-refractivity contribution in [3.63, 3.8) is 0 Å². The van der Waals surface area contributed by atoms with E-state index < -0.39 is 5.91 Å². The van der Waals surface area contributed by atoms with Crippen LogP contribution in [0.3, 0.4) is 0 Å². The topological polar surface area (TPSA) is 42.0 Å². The highest BCUT2D eigenvalue weighted by Crippen LogP contribution is 2.16. The molecule has 3 nitrogen and oxygen atoms in total. The molecule has 0 aliphatic carbocycles. The van der Waals surface area contributed by atoms with E-state index in [9.17, 15) is 9.18 Å². The smallest absolute Gasteiger partial charge is 0.254 e. The molecule has 19 heavy (non-hydrogen) atoms. The molecule has 1 heterocycles. The number of amides is 1. The van der Waals surface area contributed by atoms with E-state index in [0.29, 0.717) is 5.56 Å². The third kappa shape index (κ3) is 3.43. The fourth-order valence-corrected chi connectivity index (χ4v) is 1.92. The molecule has 0 unspecified atom stereocenters. The maximum Gasteiger partial charge on any atom is 0.254 e. The number of benzene rings is 1. The minimum atomic E-state index is -0.433. The van der Waals surface area contributed by atoms with E-state index in [1.54, 1.807) is 18.2 Å². The van der Waals surface area contributed by atoms with Crippen molar-refractivity contribution in [1.29, 1.82) is 0 Å². The highest BCUT2D eigenvalue weighted by Gasteiger charge is 2.12. The second-order valence-electron chi connectivity index (χ2n) is 3.75. The molecule has 0 aliphatic rings. The predicted octanol–water partition coefficient (Wildman–Crippen LogP) is 3.46. The van der Waals surface area contributed by atoms with Crippen LogP contribution < -0.4 is 5.32 Å². The van der Waals surface area contributed by atoms with E-state index in [2.05, 4.69) is 10.3 Å². The minimum Gasteiger partial charge on any atom is -0.348 e. The molecule has 2 rings (SSSR count). The lowest BCUT2D eigenvalue weighted by molar-refractivity contribution is 0.0950. The van der Waals surface area contributed by atoms with Gasteiger partial charge in [0.1, 0.15) is 16.1 Å². The summed E-state index contributed by atoms with van der Waals surface area (Å²) in [5.41, 5.74) is 0.594. The number of aromatic nitrogens is 1. The van der Waals surface area contributed by atoms with Crippen LogP contribution in [0.4, 0.5) is 4.39 Å². The van der Waals surface area contributed by atoms with Crippen LogP contribution in [-0.2, 0) is 6.54 Å². The molecule has 6 heteroatoms. The molecule has 0 fully saturated rings. The van der Waals surface area contributed by atoms with Crippen LogP contribution in [-0.4, -0.2) is 10.9 Å². The van der Waals surface area contributed by atoms with Gasteiger partial charge in [-0.2, -0.15) is 0 Å². The first-order valence-corrected chi connectivity index (χ1v) is 6.17. The zero-order chi connectivity index (χ0) is 13.8. The van der Waals surface area contributed by atoms with Crippen molar-refractivity contribution < 1.29 is 9.18 Å². The average molecular weight is 299 g/mol. The SMILES string of the molecule is O=C(NCc1ccccc1F)c1ccc(Cl)nc1Cl. The number of carbonyl (C=O) groups excluding carboxylic acids is 1. The second-order valence-corrected chi connectivity index (χ2v) is 4.49. The quantitative estimate of drug-likeness (QED) is 0.882. The zero-order valence-corrected chi connectivity index (χ0v) is 11.2. The third-order valence-corrected chi connectivity index (χ3v) is 2.96. The van der Waals surface area contributed by atoms with E-state index >= 15 is 0 Å². The number of rotatable bonds is 3. The molecule has 1 amide bonds. The highest BCUT2D eigenvalue weighted by molar-refractivity contribution is 6.34. The van der Waals surface area contributed by atoms with Gasteiger partial charge >= 0.3 is 0 Å². The van der Waals surface area contributed by atoms with Gasteiger partial charge in [0.2, 0.25) is 0 Å². The molecule has 1 aromatic heterocycles. The first-order valence-electron chi connectivity index (χ1n) is 5.41. The van der Waals surface area contributed by atoms with Gasteiger partial charge in [0.25, 0.3) is 5.91 Å². The van der Waals surface area contributed by atoms with Crippen molar-refractivity contribution >= 4 is 29.1 Å². The standard InChI is InChI=1S/C13H9Cl2FN2O/c14-11-6-5-9(12(15)18-11)13(19)17-7-8-3-1-2-4-10(8)16/h1-6H,7H2,(H,17,19). The van der Waals surface area contributed by atoms with Crippen molar-refractivity contribution in [2.75, 3.05) is 0 Å². The van der Waals surface area contributed by atoms with Gasteiger partial charge in [0.05, 0.1) is 5.56 Å². The van der Waals surface area contributed by atoms with Crippen LogP contribution >= 0.6 is 23.2 Å². The Morgan fingerprint density at radius 3 is 2.63 bits per heavy atom. The third-order valence-electron chi connectivity index (χ3n) is 2.46. The Balaban J connectivity index is 2.08. The van der Waals surface area contributed by atoms with Gasteiger partial charge < -0.3 is 5.32 Å². The Labute approximate surface area is 119 Å². The first kappa shape index (κ1) is 13.8. The van der Waals surface area contributed by atoms with Crippen LogP contribution in [0.1, 0.15) is 15.9 Å². The molecule has 0 saturated carbocycles. The average Bonchev–Trinajstić information content (AvgIpc) is 2.37. The van der Waals surface area contributed by atoms with Gasteiger partial charge in [-0.15, -0.1) is 0 Å². The fraction of sp³-hybridized carbons (Fsp3) is 0.0769. The van der Waals surface area contributed by atoms with Crippen LogP contribution in [0, 0.1) is 5.82 Å². The van der Waals surface area contributed by atoms with Crippen LogP contribution in [0.25, 0.3) is 0 Å². The summed E-state index contributed by atoms with van der Waals surface area (Å²) in [6.07, 6.45) is 0. The van der Waals surface area contributed by atoms with E-state index in [1.165, 1.54) is 18.2 Å². The lowest BCUT2D eigenvalue weighted by Gasteiger charge is -2.07. The summed E-state index contributed by atoms with van der Waals surface area (Å²) in [6.45, 7) is 0.0739. The van der Waals surface area contributed by atoms with Crippen LogP contribution in [0.2, 0.25) is 10.3 Å². The Bertz CT molecular complexity index is 619.